The largest absolute Gasteiger partial charge is 0.482 e. The van der Waals surface area contributed by atoms with E-state index in [0.717, 1.165) is 0 Å². The normalized spacial score (nSPS) is 11.2. The van der Waals surface area contributed by atoms with Crippen molar-refractivity contribution in [2.24, 2.45) is 0 Å². The Morgan fingerprint density at radius 3 is 2.57 bits per heavy atom. The standard InChI is InChI=1S/C13H9BrF3NO3/c14-11-6-5-10(21-11)12(19)18-8-3-1-2-4-9(8)20-7-13(15,16)17/h1-6H,7H2,(H,18,19). The smallest absolute Gasteiger partial charge is 0.422 e. The molecule has 1 amide bonds. The fourth-order valence-corrected chi connectivity index (χ4v) is 1.78. The molecule has 0 bridgehead atoms. The number of anilines is 1. The van der Waals surface area contributed by atoms with Gasteiger partial charge in [0.05, 0.1) is 5.69 Å². The predicted molar refractivity (Wildman–Crippen MR) is 72.4 cm³/mol. The summed E-state index contributed by atoms with van der Waals surface area (Å²) in [5, 5.41) is 2.43. The summed E-state index contributed by atoms with van der Waals surface area (Å²) in [6.07, 6.45) is -4.46. The van der Waals surface area contributed by atoms with E-state index in [1.54, 1.807) is 6.07 Å². The van der Waals surface area contributed by atoms with Gasteiger partial charge < -0.3 is 14.5 Å². The van der Waals surface area contributed by atoms with E-state index in [-0.39, 0.29) is 17.2 Å². The van der Waals surface area contributed by atoms with Crippen LogP contribution in [-0.2, 0) is 0 Å². The number of para-hydroxylation sites is 2. The second-order valence-electron chi connectivity index (χ2n) is 3.96. The molecular formula is C13H9BrF3NO3. The lowest BCUT2D eigenvalue weighted by Gasteiger charge is -2.13. The molecule has 0 aliphatic carbocycles. The number of furan rings is 1. The molecule has 8 heteroatoms. The van der Waals surface area contributed by atoms with Crippen LogP contribution in [0.4, 0.5) is 18.9 Å². The highest BCUT2D eigenvalue weighted by Crippen LogP contribution is 2.27. The minimum atomic E-state index is -4.46. The van der Waals surface area contributed by atoms with Crippen LogP contribution in [0.2, 0.25) is 0 Å². The van der Waals surface area contributed by atoms with Crippen molar-refractivity contribution in [3.8, 4) is 5.75 Å². The van der Waals surface area contributed by atoms with Gasteiger partial charge in [-0.25, -0.2) is 0 Å². The third kappa shape index (κ3) is 4.52. The van der Waals surface area contributed by atoms with Crippen LogP contribution in [0.25, 0.3) is 0 Å². The van der Waals surface area contributed by atoms with Gasteiger partial charge in [-0.15, -0.1) is 0 Å². The molecule has 2 rings (SSSR count). The quantitative estimate of drug-likeness (QED) is 0.883. The zero-order valence-electron chi connectivity index (χ0n) is 10.4. The minimum absolute atomic E-state index is 0.0208. The Balaban J connectivity index is 2.11. The molecule has 0 unspecified atom stereocenters. The molecular weight excluding hydrogens is 355 g/mol. The molecule has 21 heavy (non-hydrogen) atoms. The van der Waals surface area contributed by atoms with E-state index >= 15 is 0 Å². The minimum Gasteiger partial charge on any atom is -0.482 e. The van der Waals surface area contributed by atoms with Crippen molar-refractivity contribution in [3.05, 3.63) is 46.8 Å². The summed E-state index contributed by atoms with van der Waals surface area (Å²) < 4.78 is 46.6. The lowest BCUT2D eigenvalue weighted by molar-refractivity contribution is -0.153. The van der Waals surface area contributed by atoms with Crippen molar-refractivity contribution >= 4 is 27.5 Å². The molecule has 0 fully saturated rings. The summed E-state index contributed by atoms with van der Waals surface area (Å²) >= 11 is 3.05. The number of alkyl halides is 3. The van der Waals surface area contributed by atoms with Crippen LogP contribution in [0.5, 0.6) is 5.75 Å². The Hall–Kier alpha value is -1.96. The lowest BCUT2D eigenvalue weighted by Crippen LogP contribution is -2.20. The Labute approximate surface area is 126 Å². The fraction of sp³-hybridized carbons (Fsp3) is 0.154. The molecule has 0 aliphatic rings. The van der Waals surface area contributed by atoms with E-state index < -0.39 is 18.7 Å². The second kappa shape index (κ2) is 6.21. The first kappa shape index (κ1) is 15.4. The highest BCUT2D eigenvalue weighted by Gasteiger charge is 2.29. The van der Waals surface area contributed by atoms with Gasteiger partial charge in [0.25, 0.3) is 5.91 Å². The summed E-state index contributed by atoms with van der Waals surface area (Å²) in [5.74, 6) is -0.648. The monoisotopic (exact) mass is 363 g/mol. The Bertz CT molecular complexity index is 640. The first-order valence-corrected chi connectivity index (χ1v) is 6.50. The van der Waals surface area contributed by atoms with Crippen molar-refractivity contribution in [1.82, 2.24) is 0 Å². The molecule has 0 saturated carbocycles. The molecule has 1 N–H and O–H groups in total. The summed E-state index contributed by atoms with van der Waals surface area (Å²) in [4.78, 5) is 11.9. The van der Waals surface area contributed by atoms with Crippen LogP contribution in [0.3, 0.4) is 0 Å². The maximum Gasteiger partial charge on any atom is 0.422 e. The van der Waals surface area contributed by atoms with E-state index in [1.807, 2.05) is 0 Å². The van der Waals surface area contributed by atoms with Crippen molar-refractivity contribution in [1.29, 1.82) is 0 Å². The number of ether oxygens (including phenoxy) is 1. The molecule has 2 aromatic rings. The highest BCUT2D eigenvalue weighted by atomic mass is 79.9. The SMILES string of the molecule is O=C(Nc1ccccc1OCC(F)(F)F)c1ccc(Br)o1. The van der Waals surface area contributed by atoms with Crippen molar-refractivity contribution < 1.29 is 27.1 Å². The van der Waals surface area contributed by atoms with Gasteiger partial charge in [0.15, 0.2) is 17.0 Å². The molecule has 4 nitrogen and oxygen atoms in total. The van der Waals surface area contributed by atoms with Gasteiger partial charge in [-0.1, -0.05) is 12.1 Å². The Morgan fingerprint density at radius 1 is 1.24 bits per heavy atom. The predicted octanol–water partition coefficient (Wildman–Crippen LogP) is 4.24. The molecule has 0 saturated heterocycles. The number of carbonyl (C=O) groups excluding carboxylic acids is 1. The van der Waals surface area contributed by atoms with Gasteiger partial charge in [-0.05, 0) is 40.2 Å². The molecule has 0 spiro atoms. The van der Waals surface area contributed by atoms with Crippen molar-refractivity contribution in [2.45, 2.75) is 6.18 Å². The zero-order valence-corrected chi connectivity index (χ0v) is 12.0. The molecule has 1 heterocycles. The first-order valence-electron chi connectivity index (χ1n) is 5.70. The zero-order chi connectivity index (χ0) is 15.5. The number of hydrogen-bond donors (Lipinski definition) is 1. The Kier molecular flexibility index (Phi) is 4.56. The van der Waals surface area contributed by atoms with E-state index in [0.29, 0.717) is 4.67 Å². The van der Waals surface area contributed by atoms with Crippen LogP contribution in [0.1, 0.15) is 10.6 Å². The number of hydrogen-bond acceptors (Lipinski definition) is 3. The van der Waals surface area contributed by atoms with E-state index in [9.17, 15) is 18.0 Å². The number of nitrogens with one attached hydrogen (secondary N) is 1. The van der Waals surface area contributed by atoms with Crippen LogP contribution >= 0.6 is 15.9 Å². The van der Waals surface area contributed by atoms with Crippen LogP contribution in [-0.4, -0.2) is 18.7 Å². The fourth-order valence-electron chi connectivity index (χ4n) is 1.48. The first-order chi connectivity index (χ1) is 9.85. The third-order valence-electron chi connectivity index (χ3n) is 2.32. The lowest BCUT2D eigenvalue weighted by atomic mass is 10.3. The maximum atomic E-state index is 12.2. The van der Waals surface area contributed by atoms with Crippen LogP contribution in [0.15, 0.2) is 45.5 Å². The highest BCUT2D eigenvalue weighted by molar-refractivity contribution is 9.10. The molecule has 0 atom stereocenters. The van der Waals surface area contributed by atoms with Gasteiger partial charge in [0.1, 0.15) is 5.75 Å². The van der Waals surface area contributed by atoms with Crippen LogP contribution < -0.4 is 10.1 Å². The number of halogens is 4. The second-order valence-corrected chi connectivity index (χ2v) is 4.74. The van der Waals surface area contributed by atoms with E-state index in [1.165, 1.54) is 30.3 Å². The molecule has 1 aromatic heterocycles. The summed E-state index contributed by atoms with van der Waals surface area (Å²) in [6, 6.07) is 8.79. The van der Waals surface area contributed by atoms with Gasteiger partial charge in [-0.2, -0.15) is 13.2 Å². The summed E-state index contributed by atoms with van der Waals surface area (Å²) in [5.41, 5.74) is 0.124. The number of carbonyl (C=O) groups is 1. The average molecular weight is 364 g/mol. The molecule has 0 aliphatic heterocycles. The third-order valence-corrected chi connectivity index (χ3v) is 2.75. The summed E-state index contributed by atoms with van der Waals surface area (Å²) in [6.45, 7) is -1.44. The Morgan fingerprint density at radius 2 is 1.95 bits per heavy atom. The molecule has 0 radical (unpaired) electrons. The van der Waals surface area contributed by atoms with Gasteiger partial charge in [0, 0.05) is 0 Å². The summed E-state index contributed by atoms with van der Waals surface area (Å²) in [7, 11) is 0. The van der Waals surface area contributed by atoms with Crippen molar-refractivity contribution in [2.75, 3.05) is 11.9 Å². The average Bonchev–Trinajstić information content (AvgIpc) is 2.83. The van der Waals surface area contributed by atoms with Gasteiger partial charge in [0.2, 0.25) is 0 Å². The van der Waals surface area contributed by atoms with Crippen molar-refractivity contribution in [3.63, 3.8) is 0 Å². The topological polar surface area (TPSA) is 51.5 Å². The van der Waals surface area contributed by atoms with Gasteiger partial charge >= 0.3 is 6.18 Å². The van der Waals surface area contributed by atoms with E-state index in [4.69, 9.17) is 4.42 Å². The van der Waals surface area contributed by atoms with Gasteiger partial charge in [-0.3, -0.25) is 4.79 Å². The number of rotatable bonds is 4. The van der Waals surface area contributed by atoms with E-state index in [2.05, 4.69) is 26.0 Å². The maximum absolute atomic E-state index is 12.2. The molecule has 1 aromatic carbocycles. The number of benzene rings is 1. The molecule has 112 valence electrons. The number of amides is 1. The van der Waals surface area contributed by atoms with Crippen LogP contribution in [0, 0.1) is 0 Å².